The summed E-state index contributed by atoms with van der Waals surface area (Å²) in [5.74, 6) is 0. The van der Waals surface area contributed by atoms with Crippen LogP contribution in [0.1, 0.15) is 0 Å². The van der Waals surface area contributed by atoms with Gasteiger partial charge in [-0.05, 0) is 87.5 Å². The molecule has 260 valence electrons. The van der Waals surface area contributed by atoms with Gasteiger partial charge in [-0.15, -0.1) is 0 Å². The van der Waals surface area contributed by atoms with Gasteiger partial charge in [-0.3, -0.25) is 9.59 Å². The first-order valence-corrected chi connectivity index (χ1v) is 20.5. The first kappa shape index (κ1) is 32.6. The predicted molar refractivity (Wildman–Crippen MR) is 232 cm³/mol. The molecule has 0 radical (unpaired) electrons. The van der Waals surface area contributed by atoms with Gasteiger partial charge in [0, 0.05) is 38.6 Å². The average molecular weight is 723 g/mol. The average Bonchev–Trinajstić information content (AvgIpc) is 3.26. The van der Waals surface area contributed by atoms with Crippen molar-refractivity contribution in [1.82, 2.24) is 4.40 Å². The summed E-state index contributed by atoms with van der Waals surface area (Å²) < 4.78 is 2.18. The van der Waals surface area contributed by atoms with Gasteiger partial charge in [0.15, 0.2) is 18.9 Å². The third-order valence-corrected chi connectivity index (χ3v) is 15.8. The van der Waals surface area contributed by atoms with Gasteiger partial charge in [-0.2, -0.15) is 0 Å². The van der Waals surface area contributed by atoms with Crippen molar-refractivity contribution in [2.75, 3.05) is 4.90 Å². The van der Waals surface area contributed by atoms with Crippen molar-refractivity contribution in [2.45, 2.75) is 0 Å². The zero-order chi connectivity index (χ0) is 36.9. The summed E-state index contributed by atoms with van der Waals surface area (Å²) in [6.45, 7) is 0. The van der Waals surface area contributed by atoms with Crippen molar-refractivity contribution in [1.29, 1.82) is 0 Å². The van der Waals surface area contributed by atoms with Crippen molar-refractivity contribution in [2.24, 2.45) is 0 Å². The number of pyridine rings is 2. The molecule has 2 heterocycles. The molecular weight excluding hydrogens is 689 g/mol. The normalized spacial score (nSPS) is 11.8. The molecule has 55 heavy (non-hydrogen) atoms. The van der Waals surface area contributed by atoms with Crippen LogP contribution >= 0.6 is 0 Å². The molecule has 10 rings (SSSR count). The fourth-order valence-electron chi connectivity index (χ4n) is 8.66. The summed E-state index contributed by atoms with van der Waals surface area (Å²) in [6, 6.07) is 70.9. The molecule has 0 saturated carbocycles. The van der Waals surface area contributed by atoms with E-state index in [0.717, 1.165) is 33.3 Å². The van der Waals surface area contributed by atoms with Gasteiger partial charge in [-0.25, -0.2) is 0 Å². The van der Waals surface area contributed by atoms with E-state index in [1.54, 1.807) is 0 Å². The number of hydrogen-bond acceptors (Lipinski definition) is 3. The topological polar surface area (TPSA) is 41.8 Å². The molecule has 0 amide bonds. The second kappa shape index (κ2) is 13.1. The third-order valence-electron chi connectivity index (χ3n) is 11.0. The van der Waals surface area contributed by atoms with Gasteiger partial charge in [0.2, 0.25) is 0 Å². The number of benzene rings is 8. The predicted octanol–water partition coefficient (Wildman–Crippen LogP) is 8.40. The smallest absolute Gasteiger partial charge is 0.197 e. The molecule has 0 bridgehead atoms. The highest BCUT2D eigenvalue weighted by Gasteiger charge is 2.41. The number of nitrogens with zero attached hydrogens (tertiary/aromatic N) is 2. The maximum atomic E-state index is 14.5. The zero-order valence-electron chi connectivity index (χ0n) is 29.8. The van der Waals surface area contributed by atoms with Crippen LogP contribution in [0.4, 0.5) is 17.1 Å². The Bertz CT molecular complexity index is 2970. The zero-order valence-corrected chi connectivity index (χ0v) is 30.8. The van der Waals surface area contributed by atoms with E-state index in [4.69, 9.17) is 0 Å². The fraction of sp³-hybridized carbons (Fsp3) is 0. The molecule has 0 aliphatic carbocycles. The minimum atomic E-state index is -2.95. The van der Waals surface area contributed by atoms with Crippen LogP contribution in [0.3, 0.4) is 0 Å². The largest absolute Gasteiger partial charge is 0.310 e. The molecule has 4 nitrogen and oxygen atoms in total. The van der Waals surface area contributed by atoms with E-state index in [-0.39, 0.29) is 10.9 Å². The van der Waals surface area contributed by atoms with Gasteiger partial charge < -0.3 is 9.30 Å². The Morgan fingerprint density at radius 3 is 1.24 bits per heavy atom. The Labute approximate surface area is 318 Å². The molecule has 0 aliphatic heterocycles. The minimum Gasteiger partial charge on any atom is -0.310 e. The lowest BCUT2D eigenvalue weighted by molar-refractivity contribution is 1.27. The quantitative estimate of drug-likeness (QED) is 0.0719. The molecule has 0 unspecified atom stereocenters. The van der Waals surface area contributed by atoms with Crippen LogP contribution in [0, 0.1) is 0 Å². The van der Waals surface area contributed by atoms with E-state index in [0.29, 0.717) is 27.1 Å². The first-order valence-electron chi connectivity index (χ1n) is 18.5. The molecule has 0 N–H and O–H groups in total. The van der Waals surface area contributed by atoms with E-state index in [1.165, 1.54) is 15.6 Å². The lowest BCUT2D eigenvalue weighted by Crippen LogP contribution is -2.74. The standard InChI is InChI=1S/C50H34N2O2Si/c53-49-42-31-29-37(51(35-17-6-1-7-18-35)36-19-8-2-9-20-36)33-46(42)52-47-34-41(30-32-43(47)50(54)45-28-16-27-44(49)48(45)52)55(38-21-10-3-11-22-38,39-23-12-4-13-24-39)40-25-14-5-15-26-40/h1-34H. The molecule has 0 saturated heterocycles. The van der Waals surface area contributed by atoms with E-state index >= 15 is 0 Å². The highest BCUT2D eigenvalue weighted by molar-refractivity contribution is 7.20. The molecule has 0 spiro atoms. The Kier molecular flexibility index (Phi) is 7.75. The Morgan fingerprint density at radius 1 is 0.345 bits per heavy atom. The molecule has 8 aromatic carbocycles. The maximum absolute atomic E-state index is 14.5. The number of anilines is 3. The van der Waals surface area contributed by atoms with Crippen LogP contribution in [0.15, 0.2) is 216 Å². The van der Waals surface area contributed by atoms with Crippen molar-refractivity contribution >= 4 is 84.0 Å². The summed E-state index contributed by atoms with van der Waals surface area (Å²) >= 11 is 0. The second-order valence-electron chi connectivity index (χ2n) is 14.0. The number of para-hydroxylation sites is 3. The number of rotatable bonds is 7. The summed E-state index contributed by atoms with van der Waals surface area (Å²) in [7, 11) is -2.95. The molecular formula is C50H34N2O2Si. The molecule has 10 aromatic rings. The Balaban J connectivity index is 1.37. The second-order valence-corrected chi connectivity index (χ2v) is 17.8. The van der Waals surface area contributed by atoms with Gasteiger partial charge >= 0.3 is 0 Å². The molecule has 0 atom stereocenters. The van der Waals surface area contributed by atoms with Crippen LogP contribution in [0.25, 0.3) is 38.1 Å². The Hall–Kier alpha value is -7.08. The van der Waals surface area contributed by atoms with Crippen molar-refractivity contribution in [3.05, 3.63) is 227 Å². The van der Waals surface area contributed by atoms with E-state index in [2.05, 4.69) is 143 Å². The van der Waals surface area contributed by atoms with Crippen LogP contribution in [0.2, 0.25) is 0 Å². The van der Waals surface area contributed by atoms with Crippen LogP contribution in [-0.4, -0.2) is 12.5 Å². The van der Waals surface area contributed by atoms with Crippen LogP contribution in [0.5, 0.6) is 0 Å². The minimum absolute atomic E-state index is 0.0800. The summed E-state index contributed by atoms with van der Waals surface area (Å²) in [5.41, 5.74) is 4.90. The summed E-state index contributed by atoms with van der Waals surface area (Å²) in [5, 5.41) is 7.14. The van der Waals surface area contributed by atoms with Crippen molar-refractivity contribution in [3.63, 3.8) is 0 Å². The molecule has 2 aromatic heterocycles. The number of fused-ring (bicyclic) bond motifs is 4. The fourth-order valence-corrected chi connectivity index (χ4v) is 13.4. The van der Waals surface area contributed by atoms with Crippen LogP contribution in [-0.2, 0) is 0 Å². The first-order chi connectivity index (χ1) is 27.1. The molecule has 0 fully saturated rings. The lowest BCUT2D eigenvalue weighted by Gasteiger charge is -2.34. The molecule has 0 aliphatic rings. The van der Waals surface area contributed by atoms with Gasteiger partial charge in [0.1, 0.15) is 0 Å². The van der Waals surface area contributed by atoms with E-state index < -0.39 is 8.07 Å². The summed E-state index contributed by atoms with van der Waals surface area (Å²) in [6.07, 6.45) is 0. The van der Waals surface area contributed by atoms with Gasteiger partial charge in [0.05, 0.1) is 16.6 Å². The van der Waals surface area contributed by atoms with E-state index in [9.17, 15) is 9.59 Å². The third kappa shape index (κ3) is 5.05. The number of aromatic nitrogens is 1. The van der Waals surface area contributed by atoms with Gasteiger partial charge in [-0.1, -0.05) is 140 Å². The Morgan fingerprint density at radius 2 is 0.764 bits per heavy atom. The SMILES string of the molecule is O=c1c2ccc(N(c3ccccc3)c3ccccc3)cc2n2c3cc([Si](c4ccccc4)(c4ccccc4)c4ccccc4)ccc3c(=O)c3cccc1c32. The molecule has 5 heteroatoms. The van der Waals surface area contributed by atoms with Crippen LogP contribution < -0.4 is 36.5 Å². The van der Waals surface area contributed by atoms with E-state index in [1.807, 2.05) is 72.8 Å². The maximum Gasteiger partial charge on any atom is 0.197 e. The highest BCUT2D eigenvalue weighted by Crippen LogP contribution is 2.36. The summed E-state index contributed by atoms with van der Waals surface area (Å²) in [4.78, 5) is 31.2. The highest BCUT2D eigenvalue weighted by atomic mass is 28.3. The van der Waals surface area contributed by atoms with Crippen molar-refractivity contribution in [3.8, 4) is 0 Å². The monoisotopic (exact) mass is 722 g/mol. The number of hydrogen-bond donors (Lipinski definition) is 0. The van der Waals surface area contributed by atoms with Crippen molar-refractivity contribution < 1.29 is 0 Å². The lowest BCUT2D eigenvalue weighted by atomic mass is 10.0. The van der Waals surface area contributed by atoms with Gasteiger partial charge in [0.25, 0.3) is 0 Å².